The summed E-state index contributed by atoms with van der Waals surface area (Å²) in [5.74, 6) is 1.65. The minimum Gasteiger partial charge on any atom is -0.494 e. The Kier molecular flexibility index (Phi) is 5.02. The second kappa shape index (κ2) is 6.96. The molecule has 2 atom stereocenters. The van der Waals surface area contributed by atoms with Crippen molar-refractivity contribution < 1.29 is 9.47 Å². The van der Waals surface area contributed by atoms with E-state index < -0.39 is 0 Å². The number of hydrogen-bond acceptors (Lipinski definition) is 3. The Labute approximate surface area is 120 Å². The summed E-state index contributed by atoms with van der Waals surface area (Å²) in [6, 6.07) is 17.4. The van der Waals surface area contributed by atoms with Crippen molar-refractivity contribution in [1.29, 1.82) is 0 Å². The number of hydrogen-bond donors (Lipinski definition) is 1. The van der Waals surface area contributed by atoms with Crippen molar-refractivity contribution in [3.63, 3.8) is 0 Å². The maximum atomic E-state index is 6.21. The standard InChI is InChI=1S/C17H21NO2/c1-3-19-15-9-11-16(12-10-15)20-13(2)17(18)14-7-5-4-6-8-14/h4-13,17H,3,18H2,1-2H3. The van der Waals surface area contributed by atoms with E-state index >= 15 is 0 Å². The smallest absolute Gasteiger partial charge is 0.120 e. The van der Waals surface area contributed by atoms with E-state index in [1.165, 1.54) is 0 Å². The molecule has 0 heterocycles. The summed E-state index contributed by atoms with van der Waals surface area (Å²) in [5.41, 5.74) is 7.29. The third-order valence-electron chi connectivity index (χ3n) is 3.15. The van der Waals surface area contributed by atoms with Gasteiger partial charge in [-0.05, 0) is 43.7 Å². The molecular weight excluding hydrogens is 250 g/mol. The van der Waals surface area contributed by atoms with Gasteiger partial charge in [0.2, 0.25) is 0 Å². The first kappa shape index (κ1) is 14.4. The zero-order valence-corrected chi connectivity index (χ0v) is 12.0. The Morgan fingerprint density at radius 3 is 2.15 bits per heavy atom. The highest BCUT2D eigenvalue weighted by molar-refractivity contribution is 5.31. The van der Waals surface area contributed by atoms with E-state index in [0.717, 1.165) is 17.1 Å². The van der Waals surface area contributed by atoms with Gasteiger partial charge in [-0.1, -0.05) is 30.3 Å². The Bertz CT molecular complexity index is 510. The Morgan fingerprint density at radius 2 is 1.55 bits per heavy atom. The molecule has 2 aromatic carbocycles. The summed E-state index contributed by atoms with van der Waals surface area (Å²) in [4.78, 5) is 0. The van der Waals surface area contributed by atoms with Gasteiger partial charge in [-0.2, -0.15) is 0 Å². The molecule has 0 aromatic heterocycles. The van der Waals surface area contributed by atoms with Gasteiger partial charge in [-0.25, -0.2) is 0 Å². The van der Waals surface area contributed by atoms with Crippen LogP contribution in [0.4, 0.5) is 0 Å². The molecule has 2 unspecified atom stereocenters. The van der Waals surface area contributed by atoms with Crippen molar-refractivity contribution in [2.75, 3.05) is 6.61 Å². The first-order valence-corrected chi connectivity index (χ1v) is 6.90. The monoisotopic (exact) mass is 271 g/mol. The third kappa shape index (κ3) is 3.75. The van der Waals surface area contributed by atoms with Gasteiger partial charge in [-0.15, -0.1) is 0 Å². The van der Waals surface area contributed by atoms with Crippen molar-refractivity contribution in [3.05, 3.63) is 60.2 Å². The molecule has 0 saturated heterocycles. The van der Waals surface area contributed by atoms with E-state index in [9.17, 15) is 0 Å². The summed E-state index contributed by atoms with van der Waals surface area (Å²) in [6.07, 6.45) is -0.102. The fourth-order valence-corrected chi connectivity index (χ4v) is 2.02. The lowest BCUT2D eigenvalue weighted by Crippen LogP contribution is -2.28. The lowest BCUT2D eigenvalue weighted by Gasteiger charge is -2.22. The van der Waals surface area contributed by atoms with Crippen LogP contribution < -0.4 is 15.2 Å². The Morgan fingerprint density at radius 1 is 0.950 bits per heavy atom. The van der Waals surface area contributed by atoms with Crippen molar-refractivity contribution in [3.8, 4) is 11.5 Å². The molecule has 2 rings (SSSR count). The van der Waals surface area contributed by atoms with Gasteiger partial charge in [0.05, 0.1) is 12.6 Å². The minimum atomic E-state index is -0.150. The van der Waals surface area contributed by atoms with Crippen LogP contribution in [0.2, 0.25) is 0 Å². The quantitative estimate of drug-likeness (QED) is 0.873. The molecule has 0 spiro atoms. The lowest BCUT2D eigenvalue weighted by atomic mass is 10.0. The second-order valence-electron chi connectivity index (χ2n) is 4.66. The van der Waals surface area contributed by atoms with Crippen LogP contribution in [-0.4, -0.2) is 12.7 Å². The number of ether oxygens (including phenoxy) is 2. The predicted octanol–water partition coefficient (Wildman–Crippen LogP) is 3.55. The van der Waals surface area contributed by atoms with E-state index in [4.69, 9.17) is 15.2 Å². The van der Waals surface area contributed by atoms with Crippen LogP contribution in [0, 0.1) is 0 Å². The fourth-order valence-electron chi connectivity index (χ4n) is 2.02. The molecule has 0 radical (unpaired) electrons. The number of benzene rings is 2. The average molecular weight is 271 g/mol. The van der Waals surface area contributed by atoms with Crippen LogP contribution in [0.3, 0.4) is 0 Å². The third-order valence-corrected chi connectivity index (χ3v) is 3.15. The van der Waals surface area contributed by atoms with Crippen LogP contribution in [-0.2, 0) is 0 Å². The topological polar surface area (TPSA) is 44.5 Å². The fraction of sp³-hybridized carbons (Fsp3) is 0.294. The van der Waals surface area contributed by atoms with Crippen molar-refractivity contribution >= 4 is 0 Å². The maximum Gasteiger partial charge on any atom is 0.120 e. The van der Waals surface area contributed by atoms with Crippen LogP contribution in [0.15, 0.2) is 54.6 Å². The molecule has 0 aliphatic rings. The normalized spacial score (nSPS) is 13.6. The minimum absolute atomic E-state index is 0.102. The highest BCUT2D eigenvalue weighted by Crippen LogP contribution is 2.22. The van der Waals surface area contributed by atoms with Crippen LogP contribution in [0.1, 0.15) is 25.5 Å². The highest BCUT2D eigenvalue weighted by Gasteiger charge is 2.16. The molecule has 2 N–H and O–H groups in total. The zero-order valence-electron chi connectivity index (χ0n) is 12.0. The molecule has 0 bridgehead atoms. The van der Waals surface area contributed by atoms with E-state index in [0.29, 0.717) is 6.61 Å². The van der Waals surface area contributed by atoms with Crippen molar-refractivity contribution in [2.45, 2.75) is 26.0 Å². The van der Waals surface area contributed by atoms with Gasteiger partial charge in [0.1, 0.15) is 17.6 Å². The van der Waals surface area contributed by atoms with Crippen LogP contribution in [0.5, 0.6) is 11.5 Å². The van der Waals surface area contributed by atoms with E-state index in [1.807, 2.05) is 68.4 Å². The van der Waals surface area contributed by atoms with Crippen molar-refractivity contribution in [2.24, 2.45) is 5.73 Å². The first-order chi connectivity index (χ1) is 9.70. The van der Waals surface area contributed by atoms with Gasteiger partial charge in [-0.3, -0.25) is 0 Å². The van der Waals surface area contributed by atoms with E-state index in [-0.39, 0.29) is 12.1 Å². The molecule has 0 aliphatic heterocycles. The zero-order chi connectivity index (χ0) is 14.4. The second-order valence-corrected chi connectivity index (χ2v) is 4.66. The Balaban J connectivity index is 1.98. The largest absolute Gasteiger partial charge is 0.494 e. The number of rotatable bonds is 6. The predicted molar refractivity (Wildman–Crippen MR) is 81.1 cm³/mol. The maximum absolute atomic E-state index is 6.21. The first-order valence-electron chi connectivity index (χ1n) is 6.90. The molecule has 0 aliphatic carbocycles. The van der Waals surface area contributed by atoms with Crippen molar-refractivity contribution in [1.82, 2.24) is 0 Å². The van der Waals surface area contributed by atoms with Gasteiger partial charge in [0.15, 0.2) is 0 Å². The SMILES string of the molecule is CCOc1ccc(OC(C)C(N)c2ccccc2)cc1. The molecular formula is C17H21NO2. The molecule has 20 heavy (non-hydrogen) atoms. The number of nitrogens with two attached hydrogens (primary N) is 1. The highest BCUT2D eigenvalue weighted by atomic mass is 16.5. The molecule has 2 aromatic rings. The van der Waals surface area contributed by atoms with Crippen LogP contribution >= 0.6 is 0 Å². The molecule has 3 heteroatoms. The summed E-state index contributed by atoms with van der Waals surface area (Å²) < 4.78 is 11.3. The molecule has 0 saturated carbocycles. The van der Waals surface area contributed by atoms with Gasteiger partial charge >= 0.3 is 0 Å². The Hall–Kier alpha value is -2.00. The summed E-state index contributed by atoms with van der Waals surface area (Å²) in [7, 11) is 0. The lowest BCUT2D eigenvalue weighted by molar-refractivity contribution is 0.190. The molecule has 106 valence electrons. The van der Waals surface area contributed by atoms with Gasteiger partial charge in [0, 0.05) is 0 Å². The van der Waals surface area contributed by atoms with Gasteiger partial charge in [0.25, 0.3) is 0 Å². The summed E-state index contributed by atoms with van der Waals surface area (Å²) in [6.45, 7) is 4.61. The molecule has 0 fully saturated rings. The van der Waals surface area contributed by atoms with E-state index in [1.54, 1.807) is 0 Å². The summed E-state index contributed by atoms with van der Waals surface area (Å²) >= 11 is 0. The molecule has 0 amide bonds. The van der Waals surface area contributed by atoms with E-state index in [2.05, 4.69) is 0 Å². The molecule has 3 nitrogen and oxygen atoms in total. The average Bonchev–Trinajstić information content (AvgIpc) is 2.49. The summed E-state index contributed by atoms with van der Waals surface area (Å²) in [5, 5.41) is 0. The van der Waals surface area contributed by atoms with Crippen LogP contribution in [0.25, 0.3) is 0 Å². The van der Waals surface area contributed by atoms with Gasteiger partial charge < -0.3 is 15.2 Å².